The molecule has 0 aromatic heterocycles. The predicted octanol–water partition coefficient (Wildman–Crippen LogP) is 5.74. The van der Waals surface area contributed by atoms with E-state index in [1.165, 1.54) is 0 Å². The van der Waals surface area contributed by atoms with Gasteiger partial charge in [-0.1, -0.05) is 49.2 Å². The van der Waals surface area contributed by atoms with Gasteiger partial charge in [0.15, 0.2) is 0 Å². The second kappa shape index (κ2) is 10.3. The summed E-state index contributed by atoms with van der Waals surface area (Å²) < 4.78 is 11.0. The van der Waals surface area contributed by atoms with Crippen molar-refractivity contribution in [2.75, 3.05) is 6.61 Å². The molecule has 2 rings (SSSR count). The lowest BCUT2D eigenvalue weighted by atomic mass is 9.75. The van der Waals surface area contributed by atoms with Crippen LogP contribution < -0.4 is 0 Å². The number of halogens is 2. The average molecular weight is 440 g/mol. The molecule has 1 aliphatic heterocycles. The fourth-order valence-electron chi connectivity index (χ4n) is 3.61. The van der Waals surface area contributed by atoms with Crippen LogP contribution in [0.25, 0.3) is 0 Å². The van der Waals surface area contributed by atoms with E-state index in [9.17, 15) is 9.59 Å². The number of rotatable bonds is 7. The maximum Gasteiger partial charge on any atom is 0.336 e. The lowest BCUT2D eigenvalue weighted by molar-refractivity contribution is -0.147. The van der Waals surface area contributed by atoms with Crippen LogP contribution >= 0.6 is 23.2 Å². The number of hydrogen-bond donors (Lipinski definition) is 0. The van der Waals surface area contributed by atoms with E-state index in [4.69, 9.17) is 32.7 Å². The smallest absolute Gasteiger partial charge is 0.336 e. The Labute approximate surface area is 182 Å². The lowest BCUT2D eigenvalue weighted by Crippen LogP contribution is -2.37. The largest absolute Gasteiger partial charge is 0.465 e. The number of esters is 2. The number of benzene rings is 1. The van der Waals surface area contributed by atoms with E-state index in [-0.39, 0.29) is 12.7 Å². The Morgan fingerprint density at radius 3 is 2.38 bits per heavy atom. The Morgan fingerprint density at radius 1 is 1.14 bits per heavy atom. The highest BCUT2D eigenvalue weighted by molar-refractivity contribution is 6.42. The topological polar surface area (TPSA) is 65.0 Å². The van der Waals surface area contributed by atoms with Crippen molar-refractivity contribution >= 4 is 40.9 Å². The Kier molecular flexibility index (Phi) is 8.29. The highest BCUT2D eigenvalue weighted by atomic mass is 35.5. The van der Waals surface area contributed by atoms with Crippen molar-refractivity contribution in [2.24, 2.45) is 10.9 Å². The molecule has 0 bridgehead atoms. The fraction of sp³-hybridized carbons (Fsp3) is 0.500. The molecule has 0 aliphatic carbocycles. The van der Waals surface area contributed by atoms with E-state index in [0.717, 1.165) is 0 Å². The van der Waals surface area contributed by atoms with Crippen LogP contribution in [0, 0.1) is 5.92 Å². The number of allylic oxidation sites excluding steroid dienone is 1. The molecule has 158 valence electrons. The van der Waals surface area contributed by atoms with E-state index >= 15 is 0 Å². The predicted molar refractivity (Wildman–Crippen MR) is 116 cm³/mol. The molecule has 0 radical (unpaired) electrons. The first-order valence-corrected chi connectivity index (χ1v) is 10.6. The van der Waals surface area contributed by atoms with E-state index in [2.05, 4.69) is 4.99 Å². The number of aliphatic imine (C=N–C) groups is 1. The fourth-order valence-corrected chi connectivity index (χ4v) is 4.03. The minimum Gasteiger partial charge on any atom is -0.465 e. The Morgan fingerprint density at radius 2 is 1.79 bits per heavy atom. The second-order valence-electron chi connectivity index (χ2n) is 6.95. The molecule has 5 nitrogen and oxygen atoms in total. The van der Waals surface area contributed by atoms with Crippen molar-refractivity contribution in [3.63, 3.8) is 0 Å². The molecular weight excluding hydrogens is 413 g/mol. The second-order valence-corrected chi connectivity index (χ2v) is 7.73. The molecule has 1 aromatic carbocycles. The maximum atomic E-state index is 13.2. The number of hydrogen-bond acceptors (Lipinski definition) is 5. The van der Waals surface area contributed by atoms with E-state index in [0.29, 0.717) is 45.4 Å². The third-order valence-corrected chi connectivity index (χ3v) is 5.92. The normalized spacial score (nSPS) is 19.2. The Balaban J connectivity index is 2.65. The number of carbonyl (C=O) groups excluding carboxylic acids is 2. The van der Waals surface area contributed by atoms with Gasteiger partial charge in [0.25, 0.3) is 0 Å². The number of nitrogens with zero attached hydrogens (tertiary/aromatic N) is 1. The molecular formula is C22H27Cl2NO4. The van der Waals surface area contributed by atoms with E-state index in [1.54, 1.807) is 39.0 Å². The Hall–Kier alpha value is -1.85. The zero-order chi connectivity index (χ0) is 21.7. The SMILES string of the molecule is CCOC(=O)C1C(C)=NC(C)=C(C(=O)OC(CC)CC)C1c1cccc(Cl)c1Cl. The molecule has 0 spiro atoms. The van der Waals surface area contributed by atoms with E-state index in [1.807, 2.05) is 13.8 Å². The standard InChI is InChI=1S/C22H27Cl2NO4/c1-6-14(7-2)29-22(27)18-13(5)25-12(4)17(21(26)28-8-3)19(18)15-10-9-11-16(23)20(15)24/h9-11,14,17,19H,6-8H2,1-5H3. The van der Waals surface area contributed by atoms with Crippen LogP contribution in [0.2, 0.25) is 10.0 Å². The summed E-state index contributed by atoms with van der Waals surface area (Å²) >= 11 is 12.7. The zero-order valence-corrected chi connectivity index (χ0v) is 18.9. The van der Waals surface area contributed by atoms with Gasteiger partial charge in [-0.15, -0.1) is 0 Å². The van der Waals surface area contributed by atoms with Crippen molar-refractivity contribution in [2.45, 2.75) is 59.5 Å². The van der Waals surface area contributed by atoms with Crippen LogP contribution in [-0.2, 0) is 19.1 Å². The lowest BCUT2D eigenvalue weighted by Gasteiger charge is -2.32. The molecule has 1 aliphatic rings. The highest BCUT2D eigenvalue weighted by Gasteiger charge is 2.43. The molecule has 0 amide bonds. The summed E-state index contributed by atoms with van der Waals surface area (Å²) in [7, 11) is 0. The third kappa shape index (κ3) is 5.01. The van der Waals surface area contributed by atoms with Crippen LogP contribution in [0.1, 0.15) is 58.9 Å². The van der Waals surface area contributed by atoms with Gasteiger partial charge >= 0.3 is 11.9 Å². The molecule has 2 atom stereocenters. The van der Waals surface area contributed by atoms with Gasteiger partial charge in [0.05, 0.1) is 22.2 Å². The summed E-state index contributed by atoms with van der Waals surface area (Å²) in [5, 5.41) is 0.640. The quantitative estimate of drug-likeness (QED) is 0.508. The first-order valence-electron chi connectivity index (χ1n) is 9.84. The van der Waals surface area contributed by atoms with Gasteiger partial charge in [-0.3, -0.25) is 9.79 Å². The van der Waals surface area contributed by atoms with Gasteiger partial charge in [0.2, 0.25) is 0 Å². The molecule has 0 saturated heterocycles. The molecule has 1 aromatic rings. The van der Waals surface area contributed by atoms with Crippen molar-refractivity contribution in [1.82, 2.24) is 0 Å². The Bertz CT molecular complexity index is 843. The number of ether oxygens (including phenoxy) is 2. The van der Waals surface area contributed by atoms with Gasteiger partial charge in [0, 0.05) is 17.3 Å². The molecule has 2 unspecified atom stereocenters. The first-order chi connectivity index (χ1) is 13.8. The summed E-state index contributed by atoms with van der Waals surface area (Å²) in [5.41, 5.74) is 1.94. The first kappa shape index (κ1) is 23.4. The van der Waals surface area contributed by atoms with Crippen LogP contribution in [-0.4, -0.2) is 30.4 Å². The summed E-state index contributed by atoms with van der Waals surface area (Å²) in [6, 6.07) is 5.17. The van der Waals surface area contributed by atoms with Crippen LogP contribution in [0.4, 0.5) is 0 Å². The van der Waals surface area contributed by atoms with Gasteiger partial charge in [-0.25, -0.2) is 4.79 Å². The highest BCUT2D eigenvalue weighted by Crippen LogP contribution is 2.44. The molecule has 0 N–H and O–H groups in total. The molecule has 0 fully saturated rings. The molecule has 1 heterocycles. The van der Waals surface area contributed by atoms with Crippen LogP contribution in [0.15, 0.2) is 34.5 Å². The van der Waals surface area contributed by atoms with E-state index < -0.39 is 23.8 Å². The maximum absolute atomic E-state index is 13.2. The van der Waals surface area contributed by atoms with Crippen LogP contribution in [0.5, 0.6) is 0 Å². The molecule has 29 heavy (non-hydrogen) atoms. The van der Waals surface area contributed by atoms with Gasteiger partial charge in [0.1, 0.15) is 12.0 Å². The summed E-state index contributed by atoms with van der Waals surface area (Å²) in [5.74, 6) is -2.45. The summed E-state index contributed by atoms with van der Waals surface area (Å²) in [4.78, 5) is 30.5. The van der Waals surface area contributed by atoms with Crippen molar-refractivity contribution in [3.05, 3.63) is 45.1 Å². The minimum absolute atomic E-state index is 0.216. The zero-order valence-electron chi connectivity index (χ0n) is 17.4. The van der Waals surface area contributed by atoms with Crippen molar-refractivity contribution in [1.29, 1.82) is 0 Å². The monoisotopic (exact) mass is 439 g/mol. The van der Waals surface area contributed by atoms with Crippen LogP contribution in [0.3, 0.4) is 0 Å². The van der Waals surface area contributed by atoms with Gasteiger partial charge < -0.3 is 9.47 Å². The number of carbonyl (C=O) groups is 2. The van der Waals surface area contributed by atoms with Gasteiger partial charge in [-0.05, 0) is 45.2 Å². The van der Waals surface area contributed by atoms with Gasteiger partial charge in [-0.2, -0.15) is 0 Å². The molecule has 0 saturated carbocycles. The minimum atomic E-state index is -0.793. The molecule has 7 heteroatoms. The average Bonchev–Trinajstić information content (AvgIpc) is 2.67. The van der Waals surface area contributed by atoms with Crippen molar-refractivity contribution in [3.8, 4) is 0 Å². The summed E-state index contributed by atoms with van der Waals surface area (Å²) in [6.07, 6.45) is 1.17. The third-order valence-electron chi connectivity index (χ3n) is 5.09. The summed E-state index contributed by atoms with van der Waals surface area (Å²) in [6.45, 7) is 9.35. The van der Waals surface area contributed by atoms with Crippen molar-refractivity contribution < 1.29 is 19.1 Å².